The van der Waals surface area contributed by atoms with E-state index in [1.807, 2.05) is 6.07 Å². The van der Waals surface area contributed by atoms with E-state index in [1.54, 1.807) is 19.3 Å². The van der Waals surface area contributed by atoms with E-state index in [1.165, 1.54) is 47.4 Å². The number of thioether (sulfide) groups is 1. The van der Waals surface area contributed by atoms with Crippen LogP contribution in [0.4, 0.5) is 19.6 Å². The SMILES string of the molecule is CC(Sc1nnc(NCc2ccco2)s1)C(=O)Nc1ccc(OC(F)F)cc1. The van der Waals surface area contributed by atoms with E-state index in [2.05, 4.69) is 25.6 Å². The largest absolute Gasteiger partial charge is 0.467 e. The van der Waals surface area contributed by atoms with E-state index < -0.39 is 11.9 Å². The van der Waals surface area contributed by atoms with Gasteiger partial charge in [-0.05, 0) is 43.3 Å². The summed E-state index contributed by atoms with van der Waals surface area (Å²) in [6.07, 6.45) is 1.60. The maximum atomic E-state index is 12.3. The van der Waals surface area contributed by atoms with Crippen LogP contribution in [0.5, 0.6) is 5.75 Å². The van der Waals surface area contributed by atoms with Gasteiger partial charge in [-0.15, -0.1) is 10.2 Å². The van der Waals surface area contributed by atoms with Crippen LogP contribution in [0.3, 0.4) is 0 Å². The highest BCUT2D eigenvalue weighted by Gasteiger charge is 2.17. The van der Waals surface area contributed by atoms with Crippen molar-refractivity contribution < 1.29 is 22.7 Å². The van der Waals surface area contributed by atoms with Gasteiger partial charge in [-0.25, -0.2) is 0 Å². The minimum Gasteiger partial charge on any atom is -0.467 e. The molecule has 28 heavy (non-hydrogen) atoms. The zero-order valence-electron chi connectivity index (χ0n) is 14.6. The summed E-state index contributed by atoms with van der Waals surface area (Å²) in [5.74, 6) is 0.564. The van der Waals surface area contributed by atoms with Crippen molar-refractivity contribution in [3.8, 4) is 5.75 Å². The number of hydrogen-bond acceptors (Lipinski definition) is 8. The maximum Gasteiger partial charge on any atom is 0.387 e. The van der Waals surface area contributed by atoms with Crippen LogP contribution in [0, 0.1) is 0 Å². The van der Waals surface area contributed by atoms with Crippen molar-refractivity contribution in [3.63, 3.8) is 0 Å². The van der Waals surface area contributed by atoms with Gasteiger partial charge in [0.1, 0.15) is 11.5 Å². The number of anilines is 2. The summed E-state index contributed by atoms with van der Waals surface area (Å²) in [7, 11) is 0. The molecule has 3 rings (SSSR count). The Labute approximate surface area is 167 Å². The van der Waals surface area contributed by atoms with Crippen molar-refractivity contribution >= 4 is 39.8 Å². The number of aromatic nitrogens is 2. The van der Waals surface area contributed by atoms with Crippen LogP contribution in [-0.2, 0) is 11.3 Å². The lowest BCUT2D eigenvalue weighted by molar-refractivity contribution is -0.115. The fourth-order valence-electron chi connectivity index (χ4n) is 2.07. The van der Waals surface area contributed by atoms with Crippen molar-refractivity contribution in [2.24, 2.45) is 0 Å². The molecule has 0 spiro atoms. The molecular formula is C17H16F2N4O3S2. The number of benzene rings is 1. The minimum absolute atomic E-state index is 0.0267. The molecule has 7 nitrogen and oxygen atoms in total. The number of ether oxygens (including phenoxy) is 1. The van der Waals surface area contributed by atoms with Crippen molar-refractivity contribution in [1.29, 1.82) is 0 Å². The molecule has 0 aliphatic carbocycles. The van der Waals surface area contributed by atoms with Gasteiger partial charge in [0.25, 0.3) is 0 Å². The predicted molar refractivity (Wildman–Crippen MR) is 103 cm³/mol. The first-order valence-corrected chi connectivity index (χ1v) is 9.81. The summed E-state index contributed by atoms with van der Waals surface area (Å²) in [4.78, 5) is 12.3. The first-order valence-electron chi connectivity index (χ1n) is 8.12. The van der Waals surface area contributed by atoms with Gasteiger partial charge < -0.3 is 19.8 Å². The number of carbonyl (C=O) groups excluding carboxylic acids is 1. The summed E-state index contributed by atoms with van der Waals surface area (Å²) in [6, 6.07) is 9.37. The number of hydrogen-bond donors (Lipinski definition) is 2. The average Bonchev–Trinajstić information content (AvgIpc) is 3.33. The lowest BCUT2D eigenvalue weighted by Crippen LogP contribution is -2.22. The molecule has 2 aromatic heterocycles. The Kier molecular flexibility index (Phi) is 6.82. The topological polar surface area (TPSA) is 89.3 Å². The van der Waals surface area contributed by atoms with Gasteiger partial charge >= 0.3 is 6.61 Å². The molecule has 3 aromatic rings. The molecule has 0 radical (unpaired) electrons. The quantitative estimate of drug-likeness (QED) is 0.488. The van der Waals surface area contributed by atoms with Crippen LogP contribution in [0.15, 0.2) is 51.4 Å². The van der Waals surface area contributed by atoms with Crippen molar-refractivity contribution in [2.75, 3.05) is 10.6 Å². The molecule has 0 fully saturated rings. The van der Waals surface area contributed by atoms with Gasteiger partial charge in [0.2, 0.25) is 11.0 Å². The highest BCUT2D eigenvalue weighted by Crippen LogP contribution is 2.30. The fourth-order valence-corrected chi connectivity index (χ4v) is 3.96. The van der Waals surface area contributed by atoms with E-state index in [4.69, 9.17) is 4.42 Å². The normalized spacial score (nSPS) is 12.0. The number of alkyl halides is 2. The monoisotopic (exact) mass is 426 g/mol. The molecule has 0 saturated carbocycles. The molecule has 0 aliphatic rings. The summed E-state index contributed by atoms with van der Waals surface area (Å²) in [6.45, 7) is -0.651. The van der Waals surface area contributed by atoms with Crippen molar-refractivity contribution in [3.05, 3.63) is 48.4 Å². The molecule has 11 heteroatoms. The number of halogens is 2. The second kappa shape index (κ2) is 9.51. The van der Waals surface area contributed by atoms with E-state index in [-0.39, 0.29) is 11.7 Å². The summed E-state index contributed by atoms with van der Waals surface area (Å²) in [5, 5.41) is 14.1. The van der Waals surface area contributed by atoms with E-state index in [0.717, 1.165) is 5.76 Å². The van der Waals surface area contributed by atoms with Crippen molar-refractivity contribution in [2.45, 2.75) is 29.7 Å². The molecule has 1 atom stereocenters. The average molecular weight is 426 g/mol. The third kappa shape index (κ3) is 5.92. The molecule has 1 amide bonds. The lowest BCUT2D eigenvalue weighted by atomic mass is 10.3. The van der Waals surface area contributed by atoms with Crippen molar-refractivity contribution in [1.82, 2.24) is 10.2 Å². The van der Waals surface area contributed by atoms with E-state index in [0.29, 0.717) is 21.7 Å². The molecule has 1 aromatic carbocycles. The number of carbonyl (C=O) groups is 1. The number of nitrogens with one attached hydrogen (secondary N) is 2. The van der Waals surface area contributed by atoms with Gasteiger partial charge in [-0.3, -0.25) is 4.79 Å². The van der Waals surface area contributed by atoms with Crippen LogP contribution in [0.1, 0.15) is 12.7 Å². The van der Waals surface area contributed by atoms with Crippen LogP contribution < -0.4 is 15.4 Å². The van der Waals surface area contributed by atoms with Crippen LogP contribution in [0.2, 0.25) is 0 Å². The molecule has 148 valence electrons. The summed E-state index contributed by atoms with van der Waals surface area (Å²) in [5.41, 5.74) is 0.483. The Hall–Kier alpha value is -2.66. The molecule has 2 heterocycles. The lowest BCUT2D eigenvalue weighted by Gasteiger charge is -2.11. The Morgan fingerprint density at radius 2 is 2.07 bits per heavy atom. The third-order valence-corrected chi connectivity index (χ3v) is 5.46. The number of furan rings is 1. The van der Waals surface area contributed by atoms with Crippen LogP contribution >= 0.6 is 23.1 Å². The fraction of sp³-hybridized carbons (Fsp3) is 0.235. The number of amides is 1. The first kappa shape index (κ1) is 20.1. The highest BCUT2D eigenvalue weighted by atomic mass is 32.2. The van der Waals surface area contributed by atoms with E-state index >= 15 is 0 Å². The minimum atomic E-state index is -2.89. The third-order valence-electron chi connectivity index (χ3n) is 3.39. The molecule has 0 bridgehead atoms. The molecule has 0 saturated heterocycles. The Morgan fingerprint density at radius 1 is 1.29 bits per heavy atom. The Balaban J connectivity index is 1.48. The van der Waals surface area contributed by atoms with Gasteiger partial charge in [0.15, 0.2) is 4.34 Å². The predicted octanol–water partition coefficient (Wildman–Crippen LogP) is 4.46. The summed E-state index contributed by atoms with van der Waals surface area (Å²) < 4.78 is 34.4. The van der Waals surface area contributed by atoms with Crippen LogP contribution in [-0.4, -0.2) is 28.0 Å². The zero-order valence-corrected chi connectivity index (χ0v) is 16.2. The number of nitrogens with zero attached hydrogens (tertiary/aromatic N) is 2. The van der Waals surface area contributed by atoms with E-state index in [9.17, 15) is 13.6 Å². The number of rotatable bonds is 9. The second-order valence-corrected chi connectivity index (χ2v) is 8.02. The highest BCUT2D eigenvalue weighted by molar-refractivity contribution is 8.02. The van der Waals surface area contributed by atoms with Gasteiger partial charge in [0, 0.05) is 5.69 Å². The zero-order chi connectivity index (χ0) is 19.9. The maximum absolute atomic E-state index is 12.3. The summed E-state index contributed by atoms with van der Waals surface area (Å²) >= 11 is 2.61. The molecule has 1 unspecified atom stereocenters. The molecule has 0 aliphatic heterocycles. The molecule has 2 N–H and O–H groups in total. The van der Waals surface area contributed by atoms with Gasteiger partial charge in [-0.1, -0.05) is 23.1 Å². The second-order valence-electron chi connectivity index (χ2n) is 5.46. The van der Waals surface area contributed by atoms with Gasteiger partial charge in [-0.2, -0.15) is 8.78 Å². The standard InChI is InChI=1S/C17H16F2N4O3S2/c1-10(14(24)21-11-4-6-12(7-5-11)26-15(18)19)27-17-23-22-16(28-17)20-9-13-3-2-8-25-13/h2-8,10,15H,9H2,1H3,(H,20,22)(H,21,24). The smallest absolute Gasteiger partial charge is 0.387 e. The Morgan fingerprint density at radius 3 is 2.75 bits per heavy atom. The van der Waals surface area contributed by atoms with Gasteiger partial charge in [0.05, 0.1) is 18.1 Å². The first-order chi connectivity index (χ1) is 13.5. The van der Waals surface area contributed by atoms with Crippen LogP contribution in [0.25, 0.3) is 0 Å². The molecular weight excluding hydrogens is 410 g/mol. The Bertz CT molecular complexity index is 888.